The second-order valence-corrected chi connectivity index (χ2v) is 7.81. The number of carboxylic acid groups (broad SMARTS) is 1. The van der Waals surface area contributed by atoms with Gasteiger partial charge < -0.3 is 24.8 Å². The van der Waals surface area contributed by atoms with Gasteiger partial charge in [0.05, 0.1) is 20.3 Å². The summed E-state index contributed by atoms with van der Waals surface area (Å²) in [7, 11) is 3.09. The van der Waals surface area contributed by atoms with Crippen molar-refractivity contribution in [2.45, 2.75) is 32.4 Å². The summed E-state index contributed by atoms with van der Waals surface area (Å²) in [5.74, 6) is -0.657. The van der Waals surface area contributed by atoms with E-state index in [9.17, 15) is 19.1 Å². The zero-order chi connectivity index (χ0) is 22.7. The number of halogens is 1. The molecule has 8 heteroatoms. The van der Waals surface area contributed by atoms with Crippen LogP contribution in [0, 0.1) is 11.7 Å². The highest BCUT2D eigenvalue weighted by atomic mass is 19.1. The van der Waals surface area contributed by atoms with Crippen molar-refractivity contribution in [1.82, 2.24) is 10.2 Å². The Balaban J connectivity index is 2.06. The standard InChI is InChI=1S/C23H27FN2O5/c1-13(2)20(22(27)28)25-23(29)26-10-9-15-11-18(30-3)19(31-4)12-17(15)21(26)14-5-7-16(24)8-6-14/h5-8,11-13,20-21H,9-10H2,1-4H3,(H,25,29)(H,27,28)/t20-,21?/m1/s1. The number of urea groups is 1. The quantitative estimate of drug-likeness (QED) is 0.731. The number of ether oxygens (including phenoxy) is 2. The fourth-order valence-electron chi connectivity index (χ4n) is 3.90. The topological polar surface area (TPSA) is 88.1 Å². The number of carboxylic acids is 1. The molecule has 2 aromatic carbocycles. The van der Waals surface area contributed by atoms with Gasteiger partial charge in [0.25, 0.3) is 0 Å². The van der Waals surface area contributed by atoms with Crippen molar-refractivity contribution in [2.75, 3.05) is 20.8 Å². The molecule has 1 aliphatic rings. The van der Waals surface area contributed by atoms with E-state index >= 15 is 0 Å². The summed E-state index contributed by atoms with van der Waals surface area (Å²) in [6, 6.07) is 7.59. The van der Waals surface area contributed by atoms with E-state index < -0.39 is 24.1 Å². The molecule has 166 valence electrons. The molecule has 1 aliphatic heterocycles. The molecule has 2 amide bonds. The van der Waals surface area contributed by atoms with E-state index in [-0.39, 0.29) is 11.7 Å². The first-order valence-electron chi connectivity index (χ1n) is 10.1. The summed E-state index contributed by atoms with van der Waals surface area (Å²) in [5, 5.41) is 12.1. The van der Waals surface area contributed by atoms with Crippen molar-refractivity contribution >= 4 is 12.0 Å². The third-order valence-corrected chi connectivity index (χ3v) is 5.53. The largest absolute Gasteiger partial charge is 0.493 e. The molecule has 2 atom stereocenters. The summed E-state index contributed by atoms with van der Waals surface area (Å²) in [4.78, 5) is 26.4. The second kappa shape index (κ2) is 9.24. The smallest absolute Gasteiger partial charge is 0.326 e. The van der Waals surface area contributed by atoms with Crippen LogP contribution < -0.4 is 14.8 Å². The second-order valence-electron chi connectivity index (χ2n) is 7.81. The molecule has 1 heterocycles. The Labute approximate surface area is 180 Å². The van der Waals surface area contributed by atoms with Crippen LogP contribution in [0.15, 0.2) is 36.4 Å². The molecule has 0 bridgehead atoms. The van der Waals surface area contributed by atoms with E-state index in [0.29, 0.717) is 30.0 Å². The molecule has 0 aromatic heterocycles. The van der Waals surface area contributed by atoms with Crippen LogP contribution in [0.5, 0.6) is 11.5 Å². The van der Waals surface area contributed by atoms with Gasteiger partial charge in [-0.05, 0) is 53.3 Å². The van der Waals surface area contributed by atoms with Crippen molar-refractivity contribution in [2.24, 2.45) is 5.92 Å². The van der Waals surface area contributed by atoms with Crippen LogP contribution in [0.3, 0.4) is 0 Å². The number of hydrogen-bond acceptors (Lipinski definition) is 4. The number of nitrogens with zero attached hydrogens (tertiary/aromatic N) is 1. The molecule has 2 N–H and O–H groups in total. The summed E-state index contributed by atoms with van der Waals surface area (Å²) in [6.07, 6.45) is 0.556. The van der Waals surface area contributed by atoms with Gasteiger partial charge in [-0.1, -0.05) is 26.0 Å². The molecule has 7 nitrogen and oxygen atoms in total. The normalized spacial score (nSPS) is 16.5. The third kappa shape index (κ3) is 4.57. The van der Waals surface area contributed by atoms with E-state index in [4.69, 9.17) is 9.47 Å². The Morgan fingerprint density at radius 1 is 1.13 bits per heavy atom. The minimum Gasteiger partial charge on any atom is -0.493 e. The first kappa shape index (κ1) is 22.4. The monoisotopic (exact) mass is 430 g/mol. The highest BCUT2D eigenvalue weighted by Gasteiger charge is 2.35. The Bertz CT molecular complexity index is 961. The molecular formula is C23H27FN2O5. The van der Waals surface area contributed by atoms with Gasteiger partial charge in [-0.25, -0.2) is 14.0 Å². The third-order valence-electron chi connectivity index (χ3n) is 5.53. The van der Waals surface area contributed by atoms with Gasteiger partial charge >= 0.3 is 12.0 Å². The van der Waals surface area contributed by atoms with Crippen LogP contribution in [0.4, 0.5) is 9.18 Å². The van der Waals surface area contributed by atoms with Gasteiger partial charge in [0, 0.05) is 6.54 Å². The van der Waals surface area contributed by atoms with Gasteiger partial charge in [-0.15, -0.1) is 0 Å². The predicted octanol–water partition coefficient (Wildman–Crippen LogP) is 3.61. The molecule has 31 heavy (non-hydrogen) atoms. The number of carbonyl (C=O) groups is 2. The first-order valence-corrected chi connectivity index (χ1v) is 10.1. The summed E-state index contributed by atoms with van der Waals surface area (Å²) < 4.78 is 24.4. The molecule has 0 spiro atoms. The van der Waals surface area contributed by atoms with Gasteiger partial charge in [0.2, 0.25) is 0 Å². The van der Waals surface area contributed by atoms with Crippen LogP contribution in [0.25, 0.3) is 0 Å². The van der Waals surface area contributed by atoms with E-state index in [1.807, 2.05) is 12.1 Å². The van der Waals surface area contributed by atoms with Gasteiger partial charge in [-0.3, -0.25) is 0 Å². The molecule has 0 radical (unpaired) electrons. The number of benzene rings is 2. The van der Waals surface area contributed by atoms with Crippen LogP contribution in [-0.2, 0) is 11.2 Å². The molecule has 0 fully saturated rings. The Kier molecular flexibility index (Phi) is 6.68. The predicted molar refractivity (Wildman–Crippen MR) is 113 cm³/mol. The lowest BCUT2D eigenvalue weighted by atomic mass is 9.87. The zero-order valence-corrected chi connectivity index (χ0v) is 18.0. The van der Waals surface area contributed by atoms with Crippen molar-refractivity contribution in [3.63, 3.8) is 0 Å². The minimum atomic E-state index is -1.09. The SMILES string of the molecule is COc1cc2c(cc1OC)C(c1ccc(F)cc1)N(C(=O)N[C@@H](C(=O)O)C(C)C)CC2. The number of nitrogens with one attached hydrogen (secondary N) is 1. The minimum absolute atomic E-state index is 0.285. The van der Waals surface area contributed by atoms with Crippen molar-refractivity contribution in [3.8, 4) is 11.5 Å². The molecule has 3 rings (SSSR count). The van der Waals surface area contributed by atoms with Crippen molar-refractivity contribution in [3.05, 3.63) is 58.9 Å². The van der Waals surface area contributed by atoms with E-state index in [1.54, 1.807) is 38.0 Å². The van der Waals surface area contributed by atoms with E-state index in [1.165, 1.54) is 19.2 Å². The Morgan fingerprint density at radius 2 is 1.74 bits per heavy atom. The highest BCUT2D eigenvalue weighted by Crippen LogP contribution is 2.41. The lowest BCUT2D eigenvalue weighted by Crippen LogP contribution is -2.52. The fraction of sp³-hybridized carbons (Fsp3) is 0.391. The molecular weight excluding hydrogens is 403 g/mol. The average molecular weight is 430 g/mol. The summed E-state index contributed by atoms with van der Waals surface area (Å²) in [6.45, 7) is 3.83. The molecule has 2 aromatic rings. The van der Waals surface area contributed by atoms with Crippen LogP contribution in [0.1, 0.15) is 36.6 Å². The van der Waals surface area contributed by atoms with Crippen LogP contribution in [0.2, 0.25) is 0 Å². The van der Waals surface area contributed by atoms with E-state index in [2.05, 4.69) is 5.32 Å². The molecule has 0 saturated heterocycles. The highest BCUT2D eigenvalue weighted by molar-refractivity contribution is 5.83. The van der Waals surface area contributed by atoms with E-state index in [0.717, 1.165) is 11.1 Å². The summed E-state index contributed by atoms with van der Waals surface area (Å²) >= 11 is 0. The van der Waals surface area contributed by atoms with Crippen molar-refractivity contribution in [1.29, 1.82) is 0 Å². The number of hydrogen-bond donors (Lipinski definition) is 2. The van der Waals surface area contributed by atoms with Gasteiger partial charge in [0.15, 0.2) is 11.5 Å². The lowest BCUT2D eigenvalue weighted by Gasteiger charge is -2.38. The number of carbonyl (C=O) groups excluding carboxylic acids is 1. The molecule has 0 aliphatic carbocycles. The number of fused-ring (bicyclic) bond motifs is 1. The fourth-order valence-corrected chi connectivity index (χ4v) is 3.90. The summed E-state index contributed by atoms with van der Waals surface area (Å²) in [5.41, 5.74) is 2.51. The maximum absolute atomic E-state index is 13.6. The lowest BCUT2D eigenvalue weighted by molar-refractivity contribution is -0.140. The number of rotatable bonds is 6. The Morgan fingerprint density at radius 3 is 2.29 bits per heavy atom. The van der Waals surface area contributed by atoms with Crippen molar-refractivity contribution < 1.29 is 28.6 Å². The van der Waals surface area contributed by atoms with Crippen LogP contribution >= 0.6 is 0 Å². The maximum atomic E-state index is 13.6. The maximum Gasteiger partial charge on any atom is 0.326 e. The zero-order valence-electron chi connectivity index (χ0n) is 18.0. The Hall–Kier alpha value is -3.29. The number of aliphatic carboxylic acids is 1. The van der Waals surface area contributed by atoms with Gasteiger partial charge in [0.1, 0.15) is 11.9 Å². The average Bonchev–Trinajstić information content (AvgIpc) is 2.75. The molecule has 0 saturated carbocycles. The number of amides is 2. The van der Waals surface area contributed by atoms with Gasteiger partial charge in [-0.2, -0.15) is 0 Å². The van der Waals surface area contributed by atoms with Crippen LogP contribution in [-0.4, -0.2) is 48.8 Å². The number of methoxy groups -OCH3 is 2. The first-order chi connectivity index (χ1) is 14.8. The molecule has 1 unspecified atom stereocenters.